The highest BCUT2D eigenvalue weighted by molar-refractivity contribution is 6.28. The molecule has 1 aromatic rings. The molecule has 3 N–H and O–H groups in total. The average molecular weight is 286 g/mol. The smallest absolute Gasteiger partial charge is 0.229 e. The molecule has 2 heterocycles. The largest absolute Gasteiger partial charge is 0.375 e. The summed E-state index contributed by atoms with van der Waals surface area (Å²) in [5.41, 5.74) is 5.52. The number of hydrogen-bond acceptors (Lipinski definition) is 6. The molecule has 1 aliphatic rings. The lowest BCUT2D eigenvalue weighted by molar-refractivity contribution is -0.0865. The third kappa shape index (κ3) is 3.45. The second kappa shape index (κ2) is 5.88. The van der Waals surface area contributed by atoms with Crippen LogP contribution >= 0.6 is 11.6 Å². The molecule has 2 rings (SSSR count). The normalized spacial score (nSPS) is 22.2. The van der Waals surface area contributed by atoms with Crippen LogP contribution in [-0.2, 0) is 4.74 Å². The number of nitrogens with two attached hydrogens (primary N) is 1. The van der Waals surface area contributed by atoms with Gasteiger partial charge in [-0.3, -0.25) is 0 Å². The number of halogens is 1. The maximum atomic E-state index is 5.94. The Bertz CT molecular complexity index is 418. The van der Waals surface area contributed by atoms with Crippen LogP contribution in [0.1, 0.15) is 39.5 Å². The van der Waals surface area contributed by atoms with Gasteiger partial charge in [0.1, 0.15) is 0 Å². The quantitative estimate of drug-likeness (QED) is 0.882. The van der Waals surface area contributed by atoms with E-state index in [-0.39, 0.29) is 22.9 Å². The standard InChI is InChI=1S/C12H20ClN5O/c1-3-12(4-2)7-8(5-6-19-12)15-11-17-9(13)16-10(14)18-11/h8H,3-7H2,1-2H3,(H3,14,15,16,17,18). The van der Waals surface area contributed by atoms with E-state index in [0.29, 0.717) is 5.95 Å². The predicted octanol–water partition coefficient (Wildman–Crippen LogP) is 2.26. The number of rotatable bonds is 4. The molecule has 1 aliphatic heterocycles. The minimum Gasteiger partial charge on any atom is -0.375 e. The summed E-state index contributed by atoms with van der Waals surface area (Å²) in [4.78, 5) is 11.8. The predicted molar refractivity (Wildman–Crippen MR) is 75.2 cm³/mol. The third-order valence-corrected chi connectivity index (χ3v) is 3.91. The molecule has 7 heteroatoms. The molecule has 106 valence electrons. The van der Waals surface area contributed by atoms with Crippen molar-refractivity contribution in [2.45, 2.75) is 51.2 Å². The van der Waals surface area contributed by atoms with Crippen LogP contribution in [0, 0.1) is 0 Å². The molecule has 0 radical (unpaired) electrons. The maximum absolute atomic E-state index is 5.94. The van der Waals surface area contributed by atoms with Gasteiger partial charge in [-0.15, -0.1) is 0 Å². The lowest BCUT2D eigenvalue weighted by atomic mass is 9.86. The van der Waals surface area contributed by atoms with Crippen molar-refractivity contribution in [3.05, 3.63) is 5.28 Å². The van der Waals surface area contributed by atoms with E-state index >= 15 is 0 Å². The Morgan fingerprint density at radius 2 is 2.11 bits per heavy atom. The minimum absolute atomic E-state index is 0.0434. The van der Waals surface area contributed by atoms with Gasteiger partial charge in [0, 0.05) is 12.6 Å². The fourth-order valence-corrected chi connectivity index (χ4v) is 2.67. The first-order chi connectivity index (χ1) is 9.07. The lowest BCUT2D eigenvalue weighted by Gasteiger charge is -2.40. The van der Waals surface area contributed by atoms with Gasteiger partial charge < -0.3 is 15.8 Å². The van der Waals surface area contributed by atoms with Gasteiger partial charge >= 0.3 is 0 Å². The Balaban J connectivity index is 2.06. The molecule has 19 heavy (non-hydrogen) atoms. The fraction of sp³-hybridized carbons (Fsp3) is 0.750. The molecule has 0 aromatic carbocycles. The first-order valence-corrected chi connectivity index (χ1v) is 7.02. The molecule has 0 saturated carbocycles. The van der Waals surface area contributed by atoms with Crippen LogP contribution in [-0.4, -0.2) is 33.2 Å². The summed E-state index contributed by atoms with van der Waals surface area (Å²) in [6, 6.07) is 0.270. The van der Waals surface area contributed by atoms with Crippen molar-refractivity contribution in [1.82, 2.24) is 15.0 Å². The van der Waals surface area contributed by atoms with Crippen molar-refractivity contribution in [3.63, 3.8) is 0 Å². The van der Waals surface area contributed by atoms with E-state index in [1.54, 1.807) is 0 Å². The van der Waals surface area contributed by atoms with Crippen LogP contribution in [0.15, 0.2) is 0 Å². The zero-order chi connectivity index (χ0) is 13.9. The van der Waals surface area contributed by atoms with E-state index < -0.39 is 0 Å². The Morgan fingerprint density at radius 3 is 2.74 bits per heavy atom. The summed E-state index contributed by atoms with van der Waals surface area (Å²) >= 11 is 5.77. The van der Waals surface area contributed by atoms with Gasteiger partial charge in [0.05, 0.1) is 5.60 Å². The fourth-order valence-electron chi connectivity index (χ4n) is 2.51. The molecule has 1 aromatic heterocycles. The highest BCUT2D eigenvalue weighted by Crippen LogP contribution is 2.32. The lowest BCUT2D eigenvalue weighted by Crippen LogP contribution is -2.43. The minimum atomic E-state index is -0.0434. The summed E-state index contributed by atoms with van der Waals surface area (Å²) in [6.45, 7) is 5.06. The van der Waals surface area contributed by atoms with Crippen molar-refractivity contribution in [2.75, 3.05) is 17.7 Å². The van der Waals surface area contributed by atoms with Crippen molar-refractivity contribution in [2.24, 2.45) is 0 Å². The van der Waals surface area contributed by atoms with Gasteiger partial charge in [-0.1, -0.05) is 13.8 Å². The number of anilines is 2. The highest BCUT2D eigenvalue weighted by atomic mass is 35.5. The van der Waals surface area contributed by atoms with E-state index in [9.17, 15) is 0 Å². The maximum Gasteiger partial charge on any atom is 0.229 e. The Hall–Kier alpha value is -1.14. The number of nitrogens with one attached hydrogen (secondary N) is 1. The molecule has 1 unspecified atom stereocenters. The van der Waals surface area contributed by atoms with Gasteiger partial charge in [0.2, 0.25) is 17.2 Å². The molecule has 6 nitrogen and oxygen atoms in total. The van der Waals surface area contributed by atoms with Gasteiger partial charge in [0.25, 0.3) is 0 Å². The summed E-state index contributed by atoms with van der Waals surface area (Å²) in [7, 11) is 0. The molecule has 0 aliphatic carbocycles. The van der Waals surface area contributed by atoms with Crippen LogP contribution in [0.5, 0.6) is 0 Å². The van der Waals surface area contributed by atoms with Crippen molar-refractivity contribution in [3.8, 4) is 0 Å². The number of ether oxygens (including phenoxy) is 1. The molecule has 0 bridgehead atoms. The Kier molecular flexibility index (Phi) is 4.42. The van der Waals surface area contributed by atoms with E-state index in [0.717, 1.165) is 32.3 Å². The molecule has 1 atom stereocenters. The Labute approximate surface area is 118 Å². The summed E-state index contributed by atoms with van der Waals surface area (Å²) in [6.07, 6.45) is 3.86. The number of aromatic nitrogens is 3. The van der Waals surface area contributed by atoms with E-state index in [2.05, 4.69) is 34.1 Å². The molecular weight excluding hydrogens is 266 g/mol. The van der Waals surface area contributed by atoms with Gasteiger partial charge in [-0.2, -0.15) is 15.0 Å². The molecule has 1 saturated heterocycles. The molecule has 0 spiro atoms. The molecular formula is C12H20ClN5O. The second-order valence-electron chi connectivity index (χ2n) is 4.86. The van der Waals surface area contributed by atoms with Crippen LogP contribution < -0.4 is 11.1 Å². The highest BCUT2D eigenvalue weighted by Gasteiger charge is 2.34. The molecule has 1 fully saturated rings. The SMILES string of the molecule is CCC1(CC)CC(Nc2nc(N)nc(Cl)n2)CCO1. The topological polar surface area (TPSA) is 86.0 Å². The van der Waals surface area contributed by atoms with Crippen LogP contribution in [0.3, 0.4) is 0 Å². The van der Waals surface area contributed by atoms with E-state index in [1.165, 1.54) is 0 Å². The van der Waals surface area contributed by atoms with E-state index in [1.807, 2.05) is 0 Å². The number of nitrogen functional groups attached to an aromatic ring is 1. The van der Waals surface area contributed by atoms with Gasteiger partial charge in [0.15, 0.2) is 0 Å². The van der Waals surface area contributed by atoms with Crippen LogP contribution in [0.25, 0.3) is 0 Å². The number of nitrogens with zero attached hydrogens (tertiary/aromatic N) is 3. The summed E-state index contributed by atoms with van der Waals surface area (Å²) in [5.74, 6) is 0.567. The zero-order valence-electron chi connectivity index (χ0n) is 11.3. The first-order valence-electron chi connectivity index (χ1n) is 6.64. The Morgan fingerprint density at radius 1 is 1.37 bits per heavy atom. The summed E-state index contributed by atoms with van der Waals surface area (Å²) in [5, 5.41) is 3.39. The first kappa shape index (κ1) is 14.3. The van der Waals surface area contributed by atoms with Gasteiger partial charge in [-0.05, 0) is 37.3 Å². The van der Waals surface area contributed by atoms with Crippen molar-refractivity contribution in [1.29, 1.82) is 0 Å². The average Bonchev–Trinajstić information content (AvgIpc) is 2.37. The second-order valence-corrected chi connectivity index (χ2v) is 5.20. The van der Waals surface area contributed by atoms with E-state index in [4.69, 9.17) is 22.1 Å². The summed E-state index contributed by atoms with van der Waals surface area (Å²) < 4.78 is 5.94. The van der Waals surface area contributed by atoms with Crippen LogP contribution in [0.2, 0.25) is 5.28 Å². The van der Waals surface area contributed by atoms with Crippen molar-refractivity contribution >= 4 is 23.5 Å². The third-order valence-electron chi connectivity index (χ3n) is 3.74. The molecule has 0 amide bonds. The number of hydrogen-bond donors (Lipinski definition) is 2. The zero-order valence-corrected chi connectivity index (χ0v) is 12.1. The van der Waals surface area contributed by atoms with Crippen molar-refractivity contribution < 1.29 is 4.74 Å². The monoisotopic (exact) mass is 285 g/mol. The van der Waals surface area contributed by atoms with Crippen LogP contribution in [0.4, 0.5) is 11.9 Å². The van der Waals surface area contributed by atoms with Gasteiger partial charge in [-0.25, -0.2) is 0 Å².